The SMILES string of the molecule is CC(c1ccc(O)cc1)N(C)C(=O)C1Cc2ccccc21. The molecule has 0 fully saturated rings. The molecule has 0 saturated carbocycles. The Hall–Kier alpha value is -2.29. The highest BCUT2D eigenvalue weighted by Gasteiger charge is 2.34. The van der Waals surface area contributed by atoms with Crippen LogP contribution in [0.1, 0.15) is 35.6 Å². The number of hydrogen-bond donors (Lipinski definition) is 1. The second-order valence-electron chi connectivity index (χ2n) is 5.67. The fraction of sp³-hybridized carbons (Fsp3) is 0.278. The number of phenols is 1. The van der Waals surface area contributed by atoms with Crippen LogP contribution in [0.25, 0.3) is 0 Å². The molecule has 2 aromatic rings. The van der Waals surface area contributed by atoms with E-state index in [-0.39, 0.29) is 23.6 Å². The van der Waals surface area contributed by atoms with Gasteiger partial charge in [0.15, 0.2) is 0 Å². The van der Waals surface area contributed by atoms with Gasteiger partial charge in [0.2, 0.25) is 5.91 Å². The molecule has 3 heteroatoms. The van der Waals surface area contributed by atoms with Gasteiger partial charge in [-0.15, -0.1) is 0 Å². The highest BCUT2D eigenvalue weighted by Crippen LogP contribution is 2.37. The van der Waals surface area contributed by atoms with E-state index in [9.17, 15) is 9.90 Å². The maximum atomic E-state index is 12.6. The topological polar surface area (TPSA) is 40.5 Å². The molecule has 0 aromatic heterocycles. The number of carbonyl (C=O) groups excluding carboxylic acids is 1. The predicted octanol–water partition coefficient (Wildman–Crippen LogP) is 3.25. The third kappa shape index (κ3) is 2.40. The molecule has 3 nitrogen and oxygen atoms in total. The first kappa shape index (κ1) is 13.7. The molecule has 0 spiro atoms. The Morgan fingerprint density at radius 3 is 2.52 bits per heavy atom. The van der Waals surface area contributed by atoms with Crippen molar-refractivity contribution in [2.75, 3.05) is 7.05 Å². The second kappa shape index (κ2) is 5.24. The number of hydrogen-bond acceptors (Lipinski definition) is 2. The molecule has 2 atom stereocenters. The molecule has 2 aromatic carbocycles. The normalized spacial score (nSPS) is 17.5. The number of rotatable bonds is 3. The van der Waals surface area contributed by atoms with Gasteiger partial charge in [-0.3, -0.25) is 4.79 Å². The number of carbonyl (C=O) groups is 1. The molecule has 21 heavy (non-hydrogen) atoms. The largest absolute Gasteiger partial charge is 0.508 e. The lowest BCUT2D eigenvalue weighted by atomic mass is 9.76. The molecule has 0 bridgehead atoms. The first-order valence-corrected chi connectivity index (χ1v) is 7.21. The average Bonchev–Trinajstić information content (AvgIpc) is 2.47. The van der Waals surface area contributed by atoms with Crippen molar-refractivity contribution >= 4 is 5.91 Å². The summed E-state index contributed by atoms with van der Waals surface area (Å²) < 4.78 is 0. The molecule has 2 unspecified atom stereocenters. The van der Waals surface area contributed by atoms with Gasteiger partial charge in [0.1, 0.15) is 5.75 Å². The lowest BCUT2D eigenvalue weighted by Gasteiger charge is -2.35. The summed E-state index contributed by atoms with van der Waals surface area (Å²) in [6.07, 6.45) is 0.835. The number of amides is 1. The van der Waals surface area contributed by atoms with E-state index in [1.165, 1.54) is 5.56 Å². The Morgan fingerprint density at radius 1 is 1.19 bits per heavy atom. The van der Waals surface area contributed by atoms with Crippen molar-refractivity contribution in [2.24, 2.45) is 0 Å². The summed E-state index contributed by atoms with van der Waals surface area (Å²) in [4.78, 5) is 14.4. The first-order valence-electron chi connectivity index (χ1n) is 7.21. The quantitative estimate of drug-likeness (QED) is 0.938. The van der Waals surface area contributed by atoms with Gasteiger partial charge in [-0.2, -0.15) is 0 Å². The highest BCUT2D eigenvalue weighted by atomic mass is 16.3. The van der Waals surface area contributed by atoms with Crippen molar-refractivity contribution in [2.45, 2.75) is 25.3 Å². The van der Waals surface area contributed by atoms with E-state index in [0.717, 1.165) is 17.5 Å². The molecule has 1 N–H and O–H groups in total. The van der Waals surface area contributed by atoms with E-state index in [0.29, 0.717) is 0 Å². The summed E-state index contributed by atoms with van der Waals surface area (Å²) in [6, 6.07) is 15.2. The third-order valence-electron chi connectivity index (χ3n) is 4.46. The first-order chi connectivity index (χ1) is 10.1. The van der Waals surface area contributed by atoms with E-state index in [1.807, 2.05) is 44.3 Å². The minimum absolute atomic E-state index is 0.00846. The third-order valence-corrected chi connectivity index (χ3v) is 4.46. The fourth-order valence-corrected chi connectivity index (χ4v) is 2.89. The number of benzene rings is 2. The summed E-state index contributed by atoms with van der Waals surface area (Å²) >= 11 is 0. The minimum Gasteiger partial charge on any atom is -0.508 e. The van der Waals surface area contributed by atoms with Gasteiger partial charge >= 0.3 is 0 Å². The summed E-state index contributed by atoms with van der Waals surface area (Å²) in [6.45, 7) is 2.01. The number of phenolic OH excluding ortho intramolecular Hbond substituents is 1. The Bertz CT molecular complexity index is 663. The van der Waals surface area contributed by atoms with Crippen molar-refractivity contribution in [3.05, 3.63) is 65.2 Å². The van der Waals surface area contributed by atoms with Crippen LogP contribution in [-0.2, 0) is 11.2 Å². The maximum Gasteiger partial charge on any atom is 0.230 e. The molecular weight excluding hydrogens is 262 g/mol. The monoisotopic (exact) mass is 281 g/mol. The minimum atomic E-state index is -0.00855. The Labute approximate surface area is 124 Å². The van der Waals surface area contributed by atoms with Gasteiger partial charge < -0.3 is 10.0 Å². The van der Waals surface area contributed by atoms with Gasteiger partial charge in [0.05, 0.1) is 12.0 Å². The molecule has 0 saturated heterocycles. The van der Waals surface area contributed by atoms with Crippen LogP contribution in [0.15, 0.2) is 48.5 Å². The zero-order valence-electron chi connectivity index (χ0n) is 12.3. The fourth-order valence-electron chi connectivity index (χ4n) is 2.89. The van der Waals surface area contributed by atoms with Crippen molar-refractivity contribution in [1.29, 1.82) is 0 Å². The molecule has 3 rings (SSSR count). The van der Waals surface area contributed by atoms with Gasteiger partial charge in [-0.25, -0.2) is 0 Å². The lowest BCUT2D eigenvalue weighted by Crippen LogP contribution is -2.38. The van der Waals surface area contributed by atoms with Crippen LogP contribution in [0.4, 0.5) is 0 Å². The van der Waals surface area contributed by atoms with E-state index < -0.39 is 0 Å². The predicted molar refractivity (Wildman–Crippen MR) is 82.2 cm³/mol. The van der Waals surface area contributed by atoms with Crippen molar-refractivity contribution < 1.29 is 9.90 Å². The van der Waals surface area contributed by atoms with Crippen LogP contribution in [0, 0.1) is 0 Å². The van der Waals surface area contributed by atoms with Gasteiger partial charge in [0, 0.05) is 7.05 Å². The Kier molecular flexibility index (Phi) is 3.42. The van der Waals surface area contributed by atoms with Crippen molar-refractivity contribution in [3.8, 4) is 5.75 Å². The Balaban J connectivity index is 1.75. The summed E-state index contributed by atoms with van der Waals surface area (Å²) in [5.41, 5.74) is 3.46. The number of fused-ring (bicyclic) bond motifs is 1. The van der Waals surface area contributed by atoms with Crippen molar-refractivity contribution in [1.82, 2.24) is 4.90 Å². The van der Waals surface area contributed by atoms with Crippen LogP contribution in [0.3, 0.4) is 0 Å². The molecular formula is C18H19NO2. The number of nitrogens with zero attached hydrogens (tertiary/aromatic N) is 1. The van der Waals surface area contributed by atoms with Crippen LogP contribution in [0.5, 0.6) is 5.75 Å². The highest BCUT2D eigenvalue weighted by molar-refractivity contribution is 5.87. The average molecular weight is 281 g/mol. The van der Waals surface area contributed by atoms with Gasteiger partial charge in [-0.05, 0) is 42.2 Å². The van der Waals surface area contributed by atoms with Crippen LogP contribution in [0.2, 0.25) is 0 Å². The standard InChI is InChI=1S/C18H19NO2/c1-12(13-7-9-15(20)10-8-13)19(2)18(21)17-11-14-5-3-4-6-16(14)17/h3-10,12,17,20H,11H2,1-2H3. The zero-order chi connectivity index (χ0) is 15.0. The summed E-state index contributed by atoms with van der Waals surface area (Å²) in [5.74, 6) is 0.396. The van der Waals surface area contributed by atoms with E-state index >= 15 is 0 Å². The zero-order valence-corrected chi connectivity index (χ0v) is 12.3. The van der Waals surface area contributed by atoms with Crippen LogP contribution >= 0.6 is 0 Å². The number of aromatic hydroxyl groups is 1. The summed E-state index contributed by atoms with van der Waals surface area (Å²) in [5, 5.41) is 9.35. The number of likely N-dealkylation sites (N-methyl/N-ethyl adjacent to an activating group) is 1. The Morgan fingerprint density at radius 2 is 1.86 bits per heavy atom. The molecule has 0 heterocycles. The lowest BCUT2D eigenvalue weighted by molar-refractivity contribution is -0.134. The maximum absolute atomic E-state index is 12.6. The smallest absolute Gasteiger partial charge is 0.230 e. The van der Waals surface area contributed by atoms with Crippen molar-refractivity contribution in [3.63, 3.8) is 0 Å². The van der Waals surface area contributed by atoms with Gasteiger partial charge in [-0.1, -0.05) is 36.4 Å². The van der Waals surface area contributed by atoms with Crippen LogP contribution < -0.4 is 0 Å². The van der Waals surface area contributed by atoms with E-state index in [2.05, 4.69) is 6.07 Å². The molecule has 0 radical (unpaired) electrons. The molecule has 1 aliphatic rings. The van der Waals surface area contributed by atoms with Gasteiger partial charge in [0.25, 0.3) is 0 Å². The van der Waals surface area contributed by atoms with E-state index in [1.54, 1.807) is 17.0 Å². The summed E-state index contributed by atoms with van der Waals surface area (Å²) in [7, 11) is 1.85. The molecule has 108 valence electrons. The van der Waals surface area contributed by atoms with Crippen LogP contribution in [-0.4, -0.2) is 23.0 Å². The second-order valence-corrected chi connectivity index (χ2v) is 5.67. The molecule has 1 aliphatic carbocycles. The van der Waals surface area contributed by atoms with E-state index in [4.69, 9.17) is 0 Å². The molecule has 1 amide bonds. The molecule has 0 aliphatic heterocycles.